The quantitative estimate of drug-likeness (QED) is 0.135. The second-order valence-electron chi connectivity index (χ2n) is 15.2. The van der Waals surface area contributed by atoms with Gasteiger partial charge < -0.3 is 4.74 Å². The van der Waals surface area contributed by atoms with E-state index in [-0.39, 0.29) is 12.1 Å². The minimum absolute atomic E-state index is 0.0522. The summed E-state index contributed by atoms with van der Waals surface area (Å²) in [5, 5.41) is 0. The fraction of sp³-hybridized carbons (Fsp3) is 0.917. The van der Waals surface area contributed by atoms with Crippen molar-refractivity contribution in [3.8, 4) is 0 Å². The number of unbranched alkanes of at least 4 members (excludes halogenated alkanes) is 5. The lowest BCUT2D eigenvalue weighted by molar-refractivity contribution is -0.151. The molecule has 218 valence electrons. The highest BCUT2D eigenvalue weighted by molar-refractivity contribution is 5.69. The summed E-state index contributed by atoms with van der Waals surface area (Å²) in [7, 11) is 0. The minimum atomic E-state index is 0.0522. The van der Waals surface area contributed by atoms with Crippen LogP contribution in [0.25, 0.3) is 0 Å². The SMILES string of the molecule is CCCCCCCCC(=O)OC1CCC2(C)C(=CCC3C2CCC2(C)C3CCC2[C@@H](C)CCCC(C)C)C1. The van der Waals surface area contributed by atoms with Gasteiger partial charge in [0.05, 0.1) is 0 Å². The molecule has 0 bridgehead atoms. The number of carbonyl (C=O) groups is 1. The van der Waals surface area contributed by atoms with Gasteiger partial charge in [0, 0.05) is 12.8 Å². The summed E-state index contributed by atoms with van der Waals surface area (Å²) >= 11 is 0. The van der Waals surface area contributed by atoms with Gasteiger partial charge >= 0.3 is 5.97 Å². The van der Waals surface area contributed by atoms with Gasteiger partial charge in [0.15, 0.2) is 0 Å². The smallest absolute Gasteiger partial charge is 0.306 e. The van der Waals surface area contributed by atoms with Crippen LogP contribution in [-0.2, 0) is 9.53 Å². The van der Waals surface area contributed by atoms with Crippen LogP contribution in [0.4, 0.5) is 0 Å². The summed E-state index contributed by atoms with van der Waals surface area (Å²) in [5.74, 6) is 5.34. The maximum absolute atomic E-state index is 12.6. The molecule has 3 fully saturated rings. The number of hydrogen-bond acceptors (Lipinski definition) is 2. The van der Waals surface area contributed by atoms with E-state index < -0.39 is 0 Å². The van der Waals surface area contributed by atoms with Crippen LogP contribution < -0.4 is 0 Å². The molecule has 4 rings (SSSR count). The van der Waals surface area contributed by atoms with Crippen molar-refractivity contribution in [1.29, 1.82) is 0 Å². The average Bonchev–Trinajstić information content (AvgIpc) is 3.23. The predicted octanol–water partition coefficient (Wildman–Crippen LogP) is 10.7. The standard InChI is InChI=1S/C36H62O2/c1-7-8-9-10-11-12-16-34(37)38-29-21-23-35(5)28(25-29)17-18-30-32-20-19-31(27(4)15-13-14-26(2)3)36(32,6)24-22-33(30)35/h17,26-27,29-33H,7-16,18-25H2,1-6H3/t27-,29?,30?,31?,32?,33?,35?,36?/m0/s1. The third-order valence-corrected chi connectivity index (χ3v) is 12.3. The van der Waals surface area contributed by atoms with Gasteiger partial charge in [0.25, 0.3) is 0 Å². The van der Waals surface area contributed by atoms with Crippen molar-refractivity contribution in [3.05, 3.63) is 11.6 Å². The predicted molar refractivity (Wildman–Crippen MR) is 161 cm³/mol. The summed E-state index contributed by atoms with van der Waals surface area (Å²) in [6.07, 6.45) is 25.3. The summed E-state index contributed by atoms with van der Waals surface area (Å²) in [5.41, 5.74) is 2.54. The van der Waals surface area contributed by atoms with Crippen molar-refractivity contribution in [3.63, 3.8) is 0 Å². The lowest BCUT2D eigenvalue weighted by atomic mass is 9.47. The first-order valence-electron chi connectivity index (χ1n) is 17.1. The summed E-state index contributed by atoms with van der Waals surface area (Å²) in [6, 6.07) is 0. The third kappa shape index (κ3) is 6.57. The maximum Gasteiger partial charge on any atom is 0.306 e. The number of fused-ring (bicyclic) bond motifs is 5. The molecule has 38 heavy (non-hydrogen) atoms. The van der Waals surface area contributed by atoms with Crippen molar-refractivity contribution in [2.75, 3.05) is 0 Å². The van der Waals surface area contributed by atoms with E-state index in [0.29, 0.717) is 17.3 Å². The molecular formula is C36H62O2. The Labute approximate surface area is 236 Å². The molecule has 2 heteroatoms. The van der Waals surface area contributed by atoms with E-state index in [2.05, 4.69) is 47.6 Å². The molecule has 2 nitrogen and oxygen atoms in total. The van der Waals surface area contributed by atoms with Gasteiger partial charge in [-0.3, -0.25) is 4.79 Å². The Kier molecular flexibility index (Phi) is 10.5. The Hall–Kier alpha value is -0.790. The molecule has 0 N–H and O–H groups in total. The molecule has 0 saturated heterocycles. The van der Waals surface area contributed by atoms with E-state index in [4.69, 9.17) is 4.74 Å². The molecule has 8 atom stereocenters. The number of ether oxygens (including phenoxy) is 1. The second-order valence-corrected chi connectivity index (χ2v) is 15.2. The normalized spacial score (nSPS) is 37.2. The molecule has 4 aliphatic rings. The van der Waals surface area contributed by atoms with E-state index in [1.54, 1.807) is 5.57 Å². The van der Waals surface area contributed by atoms with Crippen LogP contribution in [-0.4, -0.2) is 12.1 Å². The molecule has 0 aromatic heterocycles. The number of esters is 1. The fourth-order valence-corrected chi connectivity index (χ4v) is 10.0. The third-order valence-electron chi connectivity index (χ3n) is 12.3. The molecule has 0 heterocycles. The first-order chi connectivity index (χ1) is 18.2. The van der Waals surface area contributed by atoms with Crippen molar-refractivity contribution >= 4 is 5.97 Å². The van der Waals surface area contributed by atoms with Gasteiger partial charge in [-0.2, -0.15) is 0 Å². The molecule has 0 amide bonds. The van der Waals surface area contributed by atoms with Crippen LogP contribution in [0.1, 0.15) is 157 Å². The monoisotopic (exact) mass is 526 g/mol. The van der Waals surface area contributed by atoms with E-state index in [1.807, 2.05) is 0 Å². The lowest BCUT2D eigenvalue weighted by Gasteiger charge is -2.58. The Morgan fingerprint density at radius 1 is 0.921 bits per heavy atom. The Morgan fingerprint density at radius 3 is 2.45 bits per heavy atom. The van der Waals surface area contributed by atoms with E-state index in [9.17, 15) is 4.79 Å². The zero-order valence-corrected chi connectivity index (χ0v) is 26.2. The topological polar surface area (TPSA) is 26.3 Å². The number of allylic oxidation sites excluding steroid dienone is 1. The minimum Gasteiger partial charge on any atom is -0.462 e. The van der Waals surface area contributed by atoms with Gasteiger partial charge in [-0.05, 0) is 97.7 Å². The zero-order chi connectivity index (χ0) is 27.3. The van der Waals surface area contributed by atoms with Gasteiger partial charge in [-0.25, -0.2) is 0 Å². The molecule has 3 saturated carbocycles. The van der Waals surface area contributed by atoms with E-state index in [1.165, 1.54) is 89.9 Å². The highest BCUT2D eigenvalue weighted by Crippen LogP contribution is 2.67. The first-order valence-corrected chi connectivity index (χ1v) is 17.1. The summed E-state index contributed by atoms with van der Waals surface area (Å²) in [6.45, 7) is 14.9. The Balaban J connectivity index is 1.31. The largest absolute Gasteiger partial charge is 0.462 e. The van der Waals surface area contributed by atoms with E-state index in [0.717, 1.165) is 54.8 Å². The molecule has 0 radical (unpaired) electrons. The number of carbonyl (C=O) groups excluding carboxylic acids is 1. The van der Waals surface area contributed by atoms with Crippen LogP contribution >= 0.6 is 0 Å². The van der Waals surface area contributed by atoms with Crippen LogP contribution in [0.15, 0.2) is 11.6 Å². The van der Waals surface area contributed by atoms with Crippen LogP contribution in [0, 0.1) is 46.3 Å². The van der Waals surface area contributed by atoms with Gasteiger partial charge in [0.2, 0.25) is 0 Å². The van der Waals surface area contributed by atoms with Crippen molar-refractivity contribution in [2.24, 2.45) is 46.3 Å². The summed E-state index contributed by atoms with van der Waals surface area (Å²) in [4.78, 5) is 12.6. The number of rotatable bonds is 13. The lowest BCUT2D eigenvalue weighted by Crippen LogP contribution is -2.51. The fourth-order valence-electron chi connectivity index (χ4n) is 10.0. The molecule has 7 unspecified atom stereocenters. The Morgan fingerprint density at radius 2 is 1.68 bits per heavy atom. The molecular weight excluding hydrogens is 464 g/mol. The van der Waals surface area contributed by atoms with Crippen molar-refractivity contribution in [1.82, 2.24) is 0 Å². The van der Waals surface area contributed by atoms with Gasteiger partial charge in [0.1, 0.15) is 6.10 Å². The molecule has 4 aliphatic carbocycles. The van der Waals surface area contributed by atoms with Gasteiger partial charge in [-0.1, -0.05) is 105 Å². The zero-order valence-electron chi connectivity index (χ0n) is 26.2. The average molecular weight is 527 g/mol. The molecule has 0 aromatic carbocycles. The highest BCUT2D eigenvalue weighted by atomic mass is 16.5. The van der Waals surface area contributed by atoms with Crippen LogP contribution in [0.3, 0.4) is 0 Å². The van der Waals surface area contributed by atoms with Crippen molar-refractivity contribution in [2.45, 2.75) is 163 Å². The first kappa shape index (κ1) is 30.2. The van der Waals surface area contributed by atoms with Crippen LogP contribution in [0.5, 0.6) is 0 Å². The van der Waals surface area contributed by atoms with Crippen molar-refractivity contribution < 1.29 is 9.53 Å². The number of hydrogen-bond donors (Lipinski definition) is 0. The maximum atomic E-state index is 12.6. The highest BCUT2D eigenvalue weighted by Gasteiger charge is 2.59. The molecule has 0 aliphatic heterocycles. The summed E-state index contributed by atoms with van der Waals surface area (Å²) < 4.78 is 6.04. The van der Waals surface area contributed by atoms with Gasteiger partial charge in [-0.15, -0.1) is 0 Å². The molecule has 0 spiro atoms. The molecule has 0 aromatic rings. The Bertz CT molecular complexity index is 797. The van der Waals surface area contributed by atoms with Crippen LogP contribution in [0.2, 0.25) is 0 Å². The second kappa shape index (κ2) is 13.2. The van der Waals surface area contributed by atoms with E-state index >= 15 is 0 Å².